The highest BCUT2D eigenvalue weighted by Gasteiger charge is 2.43. The normalized spacial score (nSPS) is 18.1. The Kier molecular flexibility index (Phi) is 5.38. The zero-order chi connectivity index (χ0) is 16.1. The predicted molar refractivity (Wildman–Crippen MR) is 70.7 cm³/mol. The smallest absolute Gasteiger partial charge is 0.468 e. The molecule has 0 fully saturated rings. The lowest BCUT2D eigenvalue weighted by atomic mass is 9.80. The van der Waals surface area contributed by atoms with Gasteiger partial charge in [-0.3, -0.25) is 4.79 Å². The number of carbonyl (C=O) groups is 1. The monoisotopic (exact) mass is 324 g/mol. The van der Waals surface area contributed by atoms with E-state index in [2.05, 4.69) is 4.74 Å². The Hall–Kier alpha value is -1.57. The Morgan fingerprint density at radius 3 is 2.38 bits per heavy atom. The van der Waals surface area contributed by atoms with E-state index in [0.717, 1.165) is 6.08 Å². The molecule has 0 radical (unpaired) electrons. The van der Waals surface area contributed by atoms with Crippen LogP contribution in [0.4, 0.5) is 13.2 Å². The average Bonchev–Trinajstić information content (AvgIpc) is 2.42. The summed E-state index contributed by atoms with van der Waals surface area (Å²) in [5.74, 6) is -0.540. The largest absolute Gasteiger partial charge is 0.501 e. The van der Waals surface area contributed by atoms with Gasteiger partial charge in [-0.25, -0.2) is 8.42 Å². The van der Waals surface area contributed by atoms with Crippen molar-refractivity contribution in [1.29, 1.82) is 0 Å². The van der Waals surface area contributed by atoms with Crippen molar-refractivity contribution in [3.8, 4) is 0 Å². The lowest BCUT2D eigenvalue weighted by Crippen LogP contribution is -2.29. The number of carbonyl (C=O) groups excluding carboxylic acids is 1. The van der Waals surface area contributed by atoms with E-state index >= 15 is 0 Å². The fourth-order valence-electron chi connectivity index (χ4n) is 1.88. The van der Waals surface area contributed by atoms with Crippen LogP contribution in [0, 0.1) is 5.41 Å². The van der Waals surface area contributed by atoms with Gasteiger partial charge in [0, 0.05) is 5.41 Å². The molecular weight excluding hydrogens is 309 g/mol. The minimum Gasteiger partial charge on any atom is -0.468 e. The van der Waals surface area contributed by atoms with Gasteiger partial charge in [0.25, 0.3) is 9.84 Å². The van der Waals surface area contributed by atoms with Crippen LogP contribution in [0.1, 0.15) is 19.3 Å². The highest BCUT2D eigenvalue weighted by molar-refractivity contribution is 7.95. The number of allylic oxidation sites excluding steroid dienone is 3. The van der Waals surface area contributed by atoms with Crippen LogP contribution in [0.2, 0.25) is 0 Å². The number of alkyl halides is 3. The van der Waals surface area contributed by atoms with E-state index in [9.17, 15) is 26.4 Å². The summed E-state index contributed by atoms with van der Waals surface area (Å²) in [5.41, 5.74) is -6.37. The Morgan fingerprint density at radius 1 is 1.33 bits per heavy atom. The molecule has 1 rings (SSSR count). The van der Waals surface area contributed by atoms with Crippen LogP contribution in [0.3, 0.4) is 0 Å². The summed E-state index contributed by atoms with van der Waals surface area (Å²) in [6.45, 7) is 0. The maximum absolute atomic E-state index is 12.1. The number of ether oxygens (including phenoxy) is 1. The third-order valence-corrected chi connectivity index (χ3v) is 4.19. The molecule has 0 aromatic carbocycles. The lowest BCUT2D eigenvalue weighted by molar-refractivity contribution is -0.147. The summed E-state index contributed by atoms with van der Waals surface area (Å²) < 4.78 is 62.8. The van der Waals surface area contributed by atoms with E-state index in [-0.39, 0.29) is 18.2 Å². The molecule has 4 nitrogen and oxygen atoms in total. The van der Waals surface area contributed by atoms with Crippen LogP contribution in [0.15, 0.2) is 35.8 Å². The summed E-state index contributed by atoms with van der Waals surface area (Å²) >= 11 is 0. The molecule has 0 aromatic rings. The molecule has 0 spiro atoms. The maximum Gasteiger partial charge on any atom is 0.501 e. The van der Waals surface area contributed by atoms with Crippen molar-refractivity contribution in [3.63, 3.8) is 0 Å². The molecule has 1 aliphatic rings. The second kappa shape index (κ2) is 6.46. The molecule has 0 atom stereocenters. The van der Waals surface area contributed by atoms with Gasteiger partial charge >= 0.3 is 11.5 Å². The van der Waals surface area contributed by atoms with Gasteiger partial charge in [0.2, 0.25) is 0 Å². The van der Waals surface area contributed by atoms with E-state index in [1.807, 2.05) is 0 Å². The number of rotatable bonds is 5. The molecule has 8 heteroatoms. The first-order valence-corrected chi connectivity index (χ1v) is 7.61. The van der Waals surface area contributed by atoms with Crippen molar-refractivity contribution in [2.75, 3.05) is 7.11 Å². The van der Waals surface area contributed by atoms with Gasteiger partial charge in [-0.1, -0.05) is 30.4 Å². The zero-order valence-corrected chi connectivity index (χ0v) is 12.1. The van der Waals surface area contributed by atoms with E-state index in [4.69, 9.17) is 0 Å². The molecule has 0 saturated carbocycles. The Labute approximate surface area is 120 Å². The summed E-state index contributed by atoms with van der Waals surface area (Å²) in [7, 11) is -4.07. The molecule has 0 aliphatic heterocycles. The van der Waals surface area contributed by atoms with Crippen LogP contribution < -0.4 is 0 Å². The summed E-state index contributed by atoms with van der Waals surface area (Å²) in [5, 5.41) is 0.119. The first kappa shape index (κ1) is 17.5. The molecule has 0 unspecified atom stereocenters. The molecule has 21 heavy (non-hydrogen) atoms. The molecule has 1 aliphatic carbocycles. The summed E-state index contributed by atoms with van der Waals surface area (Å²) in [4.78, 5) is 11.8. The number of methoxy groups -OCH3 is 1. The van der Waals surface area contributed by atoms with E-state index in [0.29, 0.717) is 6.42 Å². The van der Waals surface area contributed by atoms with Crippen molar-refractivity contribution in [1.82, 2.24) is 0 Å². The number of hydrogen-bond donors (Lipinski definition) is 0. The molecule has 0 N–H and O–H groups in total. The van der Waals surface area contributed by atoms with E-state index < -0.39 is 26.7 Å². The van der Waals surface area contributed by atoms with E-state index in [1.165, 1.54) is 7.11 Å². The standard InChI is InChI=1S/C13H15F3O4S/c1-20-11(17)12(7-3-2-4-8-12)9-5-6-10-21(18,19)13(14,15)16/h3-4,6-8,10H,2,5,9H2,1H3/b10-6+. The highest BCUT2D eigenvalue weighted by Crippen LogP contribution is 2.33. The Morgan fingerprint density at radius 2 is 1.90 bits per heavy atom. The molecule has 0 amide bonds. The second-order valence-corrected chi connectivity index (χ2v) is 6.30. The number of halogens is 3. The second-order valence-electron chi connectivity index (χ2n) is 4.47. The van der Waals surface area contributed by atoms with Gasteiger partial charge in [-0.2, -0.15) is 13.2 Å². The predicted octanol–water partition coefficient (Wildman–Crippen LogP) is 2.89. The Bertz CT molecular complexity index is 559. The van der Waals surface area contributed by atoms with Crippen LogP contribution >= 0.6 is 0 Å². The summed E-state index contributed by atoms with van der Waals surface area (Å²) in [6.07, 6.45) is 8.37. The maximum atomic E-state index is 12.1. The third kappa shape index (κ3) is 4.20. The minimum atomic E-state index is -5.31. The SMILES string of the molecule is COC(=O)C1(CC/C=C/S(=O)(=O)C(F)(F)F)C=CCC=C1. The highest BCUT2D eigenvalue weighted by atomic mass is 32.2. The lowest BCUT2D eigenvalue weighted by Gasteiger charge is -2.25. The molecule has 0 bridgehead atoms. The van der Waals surface area contributed by atoms with Crippen molar-refractivity contribution in [2.24, 2.45) is 5.41 Å². The minimum absolute atomic E-state index is 0.0148. The number of esters is 1. The van der Waals surface area contributed by atoms with Crippen LogP contribution in [0.5, 0.6) is 0 Å². The molecule has 0 saturated heterocycles. The zero-order valence-electron chi connectivity index (χ0n) is 11.3. The molecule has 0 aromatic heterocycles. The van der Waals surface area contributed by atoms with Crippen LogP contribution in [-0.4, -0.2) is 27.0 Å². The van der Waals surface area contributed by atoms with Crippen molar-refractivity contribution < 1.29 is 31.1 Å². The molecule has 118 valence electrons. The summed E-state index contributed by atoms with van der Waals surface area (Å²) in [6, 6.07) is 0. The fourth-order valence-corrected chi connectivity index (χ4v) is 2.42. The quantitative estimate of drug-likeness (QED) is 0.576. The Balaban J connectivity index is 2.77. The first-order chi connectivity index (χ1) is 9.65. The topological polar surface area (TPSA) is 60.4 Å². The van der Waals surface area contributed by atoms with Gasteiger partial charge in [-0.05, 0) is 19.3 Å². The van der Waals surface area contributed by atoms with Crippen LogP contribution in [0.25, 0.3) is 0 Å². The fraction of sp³-hybridized carbons (Fsp3) is 0.462. The molecule has 0 heterocycles. The van der Waals surface area contributed by atoms with Gasteiger partial charge in [0.05, 0.1) is 7.11 Å². The van der Waals surface area contributed by atoms with Gasteiger partial charge in [0.1, 0.15) is 5.41 Å². The van der Waals surface area contributed by atoms with Gasteiger partial charge in [-0.15, -0.1) is 0 Å². The first-order valence-electron chi connectivity index (χ1n) is 6.06. The van der Waals surface area contributed by atoms with E-state index in [1.54, 1.807) is 24.3 Å². The molecular formula is C13H15F3O4S. The van der Waals surface area contributed by atoms with Crippen molar-refractivity contribution in [3.05, 3.63) is 35.8 Å². The van der Waals surface area contributed by atoms with Crippen molar-refractivity contribution in [2.45, 2.75) is 24.8 Å². The third-order valence-electron chi connectivity index (χ3n) is 2.99. The van der Waals surface area contributed by atoms with Gasteiger partial charge < -0.3 is 4.74 Å². The number of hydrogen-bond acceptors (Lipinski definition) is 4. The number of sulfone groups is 1. The van der Waals surface area contributed by atoms with Crippen molar-refractivity contribution >= 4 is 15.8 Å². The van der Waals surface area contributed by atoms with Crippen LogP contribution in [-0.2, 0) is 19.4 Å². The average molecular weight is 324 g/mol. The van der Waals surface area contributed by atoms with Gasteiger partial charge in [0.15, 0.2) is 0 Å².